The van der Waals surface area contributed by atoms with Crippen LogP contribution in [0.25, 0.3) is 0 Å². The molecule has 0 bridgehead atoms. The number of primary amides is 1. The van der Waals surface area contributed by atoms with Crippen molar-refractivity contribution in [3.05, 3.63) is 28.8 Å². The standard InChI is InChI=1S/C15H20ClN3O3.ClH/c1-22-9-15(4-6-18-7-5-15)14(21)19-10-2-3-12(16)11(8-10)13(17)20;/h2-3,8,18H,4-7,9H2,1H3,(H2,17,20)(H,19,21);1H. The van der Waals surface area contributed by atoms with Crippen molar-refractivity contribution in [2.24, 2.45) is 11.1 Å². The van der Waals surface area contributed by atoms with Crippen LogP contribution >= 0.6 is 24.0 Å². The van der Waals surface area contributed by atoms with Gasteiger partial charge < -0.3 is 21.1 Å². The van der Waals surface area contributed by atoms with E-state index < -0.39 is 11.3 Å². The third kappa shape index (κ3) is 4.57. The number of halogens is 2. The molecule has 0 aromatic heterocycles. The number of nitrogens with one attached hydrogen (secondary N) is 2. The fraction of sp³-hybridized carbons (Fsp3) is 0.467. The van der Waals surface area contributed by atoms with Crippen molar-refractivity contribution in [3.63, 3.8) is 0 Å². The monoisotopic (exact) mass is 361 g/mol. The Labute approximate surface area is 146 Å². The van der Waals surface area contributed by atoms with Crippen molar-refractivity contribution in [1.29, 1.82) is 0 Å². The van der Waals surface area contributed by atoms with E-state index in [1.165, 1.54) is 6.07 Å². The Hall–Kier alpha value is -1.34. The van der Waals surface area contributed by atoms with E-state index >= 15 is 0 Å². The first-order valence-electron chi connectivity index (χ1n) is 7.09. The van der Waals surface area contributed by atoms with Crippen LogP contribution in [0.2, 0.25) is 5.02 Å². The number of benzene rings is 1. The topological polar surface area (TPSA) is 93.4 Å². The number of hydrogen-bond acceptors (Lipinski definition) is 4. The average Bonchev–Trinajstić information content (AvgIpc) is 2.50. The maximum absolute atomic E-state index is 12.7. The molecule has 0 saturated carbocycles. The molecule has 23 heavy (non-hydrogen) atoms. The van der Waals surface area contributed by atoms with Crippen LogP contribution in [0.4, 0.5) is 5.69 Å². The minimum atomic E-state index is -0.630. The highest BCUT2D eigenvalue weighted by molar-refractivity contribution is 6.34. The molecule has 1 aliphatic heterocycles. The summed E-state index contributed by atoms with van der Waals surface area (Å²) in [5.41, 5.74) is 5.39. The van der Waals surface area contributed by atoms with Crippen LogP contribution in [0.5, 0.6) is 0 Å². The van der Waals surface area contributed by atoms with Crippen LogP contribution in [-0.4, -0.2) is 38.6 Å². The Bertz CT molecular complexity index is 570. The lowest BCUT2D eigenvalue weighted by Gasteiger charge is -2.35. The summed E-state index contributed by atoms with van der Waals surface area (Å²) in [7, 11) is 1.59. The second-order valence-corrected chi connectivity index (χ2v) is 5.88. The number of carbonyl (C=O) groups is 2. The summed E-state index contributed by atoms with van der Waals surface area (Å²) in [5, 5.41) is 6.34. The fourth-order valence-electron chi connectivity index (χ4n) is 2.67. The van der Waals surface area contributed by atoms with Gasteiger partial charge in [-0.05, 0) is 44.1 Å². The van der Waals surface area contributed by atoms with Gasteiger partial charge in [-0.3, -0.25) is 9.59 Å². The van der Waals surface area contributed by atoms with Gasteiger partial charge in [-0.2, -0.15) is 0 Å². The Morgan fingerprint density at radius 3 is 2.61 bits per heavy atom. The summed E-state index contributed by atoms with van der Waals surface area (Å²) in [5.74, 6) is -0.747. The van der Waals surface area contributed by atoms with Gasteiger partial charge in [0.2, 0.25) is 11.8 Å². The first-order chi connectivity index (χ1) is 10.5. The summed E-state index contributed by atoms with van der Waals surface area (Å²) in [6.45, 7) is 1.89. The van der Waals surface area contributed by atoms with Crippen molar-refractivity contribution in [2.45, 2.75) is 12.8 Å². The minimum absolute atomic E-state index is 0. The van der Waals surface area contributed by atoms with Crippen LogP contribution in [-0.2, 0) is 9.53 Å². The molecule has 1 aromatic rings. The van der Waals surface area contributed by atoms with Crippen LogP contribution < -0.4 is 16.4 Å². The number of piperidine rings is 1. The first kappa shape index (κ1) is 19.7. The van der Waals surface area contributed by atoms with Gasteiger partial charge in [0.25, 0.3) is 0 Å². The molecule has 0 atom stereocenters. The highest BCUT2D eigenvalue weighted by atomic mass is 35.5. The molecule has 0 radical (unpaired) electrons. The second kappa shape index (κ2) is 8.49. The van der Waals surface area contributed by atoms with Crippen molar-refractivity contribution in [3.8, 4) is 0 Å². The van der Waals surface area contributed by atoms with E-state index in [9.17, 15) is 9.59 Å². The molecule has 8 heteroatoms. The zero-order valence-corrected chi connectivity index (χ0v) is 14.4. The molecule has 1 fully saturated rings. The lowest BCUT2D eigenvalue weighted by atomic mass is 9.78. The average molecular weight is 362 g/mol. The molecule has 2 rings (SSSR count). The number of anilines is 1. The number of ether oxygens (including phenoxy) is 1. The van der Waals surface area contributed by atoms with E-state index in [4.69, 9.17) is 22.1 Å². The van der Waals surface area contributed by atoms with E-state index in [1.54, 1.807) is 19.2 Å². The third-order valence-corrected chi connectivity index (χ3v) is 4.28. The Morgan fingerprint density at radius 1 is 1.39 bits per heavy atom. The molecule has 128 valence electrons. The zero-order valence-electron chi connectivity index (χ0n) is 12.9. The molecular formula is C15H21Cl2N3O3. The van der Waals surface area contributed by atoms with Gasteiger partial charge in [0.1, 0.15) is 0 Å². The molecule has 0 spiro atoms. The summed E-state index contributed by atoms with van der Waals surface area (Å²) in [6.07, 6.45) is 1.39. The molecule has 1 heterocycles. The molecule has 1 aromatic carbocycles. The van der Waals surface area contributed by atoms with Crippen molar-refractivity contribution >= 4 is 41.5 Å². The highest BCUT2D eigenvalue weighted by Gasteiger charge is 2.39. The molecule has 1 saturated heterocycles. The summed E-state index contributed by atoms with van der Waals surface area (Å²) in [4.78, 5) is 24.0. The van der Waals surface area contributed by atoms with Crippen molar-refractivity contribution < 1.29 is 14.3 Å². The van der Waals surface area contributed by atoms with E-state index in [0.29, 0.717) is 25.1 Å². The number of rotatable bonds is 5. The largest absolute Gasteiger partial charge is 0.384 e. The zero-order chi connectivity index (χ0) is 16.2. The molecule has 4 N–H and O–H groups in total. The SMILES string of the molecule is COCC1(C(=O)Nc2ccc(Cl)c(C(N)=O)c2)CCNCC1.Cl. The normalized spacial score (nSPS) is 16.3. The summed E-state index contributed by atoms with van der Waals surface area (Å²) >= 11 is 5.91. The Balaban J connectivity index is 0.00000264. The fourth-order valence-corrected chi connectivity index (χ4v) is 2.88. The van der Waals surface area contributed by atoms with Gasteiger partial charge >= 0.3 is 0 Å². The highest BCUT2D eigenvalue weighted by Crippen LogP contribution is 2.31. The van der Waals surface area contributed by atoms with Gasteiger partial charge in [-0.15, -0.1) is 12.4 Å². The number of carbonyl (C=O) groups excluding carboxylic acids is 2. The summed E-state index contributed by atoms with van der Waals surface area (Å²) < 4.78 is 5.24. The van der Waals surface area contributed by atoms with Gasteiger partial charge in [0.15, 0.2) is 0 Å². The van der Waals surface area contributed by atoms with Gasteiger partial charge in [0.05, 0.1) is 22.6 Å². The molecular weight excluding hydrogens is 341 g/mol. The Kier molecular flexibility index (Phi) is 7.28. The quantitative estimate of drug-likeness (QED) is 0.745. The van der Waals surface area contributed by atoms with Crippen LogP contribution in [0.15, 0.2) is 18.2 Å². The van der Waals surface area contributed by atoms with Crippen LogP contribution in [0, 0.1) is 5.41 Å². The minimum Gasteiger partial charge on any atom is -0.384 e. The lowest BCUT2D eigenvalue weighted by Crippen LogP contribution is -2.47. The Morgan fingerprint density at radius 2 is 2.04 bits per heavy atom. The molecule has 2 amide bonds. The molecule has 0 aliphatic carbocycles. The predicted octanol–water partition coefficient (Wildman–Crippen LogP) is 1.82. The van der Waals surface area contributed by atoms with E-state index in [-0.39, 0.29) is 28.9 Å². The predicted molar refractivity (Wildman–Crippen MR) is 92.3 cm³/mol. The van der Waals surface area contributed by atoms with Gasteiger partial charge in [-0.1, -0.05) is 11.6 Å². The van der Waals surface area contributed by atoms with Crippen molar-refractivity contribution in [2.75, 3.05) is 32.1 Å². The van der Waals surface area contributed by atoms with Gasteiger partial charge in [-0.25, -0.2) is 0 Å². The van der Waals surface area contributed by atoms with E-state index in [0.717, 1.165) is 13.1 Å². The lowest BCUT2D eigenvalue weighted by molar-refractivity contribution is -0.130. The van der Waals surface area contributed by atoms with Crippen molar-refractivity contribution in [1.82, 2.24) is 5.32 Å². The number of amides is 2. The molecule has 1 aliphatic rings. The first-order valence-corrected chi connectivity index (χ1v) is 7.47. The molecule has 0 unspecified atom stereocenters. The summed E-state index contributed by atoms with van der Waals surface area (Å²) in [6, 6.07) is 4.68. The van der Waals surface area contributed by atoms with Gasteiger partial charge in [0, 0.05) is 12.8 Å². The van der Waals surface area contributed by atoms with Crippen LogP contribution in [0.3, 0.4) is 0 Å². The third-order valence-electron chi connectivity index (χ3n) is 3.95. The van der Waals surface area contributed by atoms with E-state index in [1.807, 2.05) is 0 Å². The maximum Gasteiger partial charge on any atom is 0.250 e. The smallest absolute Gasteiger partial charge is 0.250 e. The number of nitrogens with two attached hydrogens (primary N) is 1. The maximum atomic E-state index is 12.7. The van der Waals surface area contributed by atoms with E-state index in [2.05, 4.69) is 10.6 Å². The number of hydrogen-bond donors (Lipinski definition) is 3. The second-order valence-electron chi connectivity index (χ2n) is 5.48. The van der Waals surface area contributed by atoms with Crippen LogP contribution in [0.1, 0.15) is 23.2 Å². The molecule has 6 nitrogen and oxygen atoms in total. The number of methoxy groups -OCH3 is 1.